The van der Waals surface area contributed by atoms with Crippen molar-refractivity contribution in [3.63, 3.8) is 0 Å². The molecule has 0 bridgehead atoms. The van der Waals surface area contributed by atoms with E-state index in [0.29, 0.717) is 18.2 Å². The Morgan fingerprint density at radius 1 is 1.53 bits per heavy atom. The normalized spacial score (nSPS) is 22.2. The Hall–Kier alpha value is -1.42. The maximum atomic E-state index is 12.0. The van der Waals surface area contributed by atoms with E-state index < -0.39 is 0 Å². The standard InChI is InChI=1S/C14H18ClNO3/c1-19-10-5-6-13(17)11(7-10)14(18)16-8-9-3-2-4-12(9)15/h5-7,9,12,17H,2-4,8H2,1H3,(H,16,18). The van der Waals surface area contributed by atoms with Gasteiger partial charge < -0.3 is 15.2 Å². The molecule has 5 heteroatoms. The summed E-state index contributed by atoms with van der Waals surface area (Å²) in [7, 11) is 1.52. The van der Waals surface area contributed by atoms with Crippen LogP contribution >= 0.6 is 11.6 Å². The predicted octanol–water partition coefficient (Wildman–Crippen LogP) is 2.54. The van der Waals surface area contributed by atoms with Crippen LogP contribution in [0.15, 0.2) is 18.2 Å². The van der Waals surface area contributed by atoms with Gasteiger partial charge in [0.05, 0.1) is 12.7 Å². The van der Waals surface area contributed by atoms with E-state index >= 15 is 0 Å². The highest BCUT2D eigenvalue weighted by molar-refractivity contribution is 6.21. The fourth-order valence-corrected chi connectivity index (χ4v) is 2.73. The second-order valence-electron chi connectivity index (χ2n) is 4.80. The van der Waals surface area contributed by atoms with Crippen molar-refractivity contribution in [2.75, 3.05) is 13.7 Å². The molecule has 0 aliphatic heterocycles. The van der Waals surface area contributed by atoms with Crippen molar-refractivity contribution in [2.24, 2.45) is 5.92 Å². The van der Waals surface area contributed by atoms with E-state index in [1.165, 1.54) is 19.2 Å². The van der Waals surface area contributed by atoms with Gasteiger partial charge in [0, 0.05) is 11.9 Å². The van der Waals surface area contributed by atoms with Gasteiger partial charge in [0.25, 0.3) is 5.91 Å². The summed E-state index contributed by atoms with van der Waals surface area (Å²) in [5, 5.41) is 12.7. The highest BCUT2D eigenvalue weighted by atomic mass is 35.5. The Labute approximate surface area is 117 Å². The van der Waals surface area contributed by atoms with E-state index in [2.05, 4.69) is 5.32 Å². The van der Waals surface area contributed by atoms with Gasteiger partial charge in [-0.25, -0.2) is 0 Å². The molecule has 0 spiro atoms. The summed E-state index contributed by atoms with van der Waals surface area (Å²) in [5.41, 5.74) is 0.225. The number of amides is 1. The van der Waals surface area contributed by atoms with Crippen LogP contribution in [-0.2, 0) is 0 Å². The van der Waals surface area contributed by atoms with E-state index in [0.717, 1.165) is 19.3 Å². The topological polar surface area (TPSA) is 58.6 Å². The zero-order chi connectivity index (χ0) is 13.8. The number of aromatic hydroxyl groups is 1. The van der Waals surface area contributed by atoms with Gasteiger partial charge in [-0.2, -0.15) is 0 Å². The second kappa shape index (κ2) is 6.15. The molecular formula is C14H18ClNO3. The zero-order valence-corrected chi connectivity index (χ0v) is 11.6. The Morgan fingerprint density at radius 2 is 2.32 bits per heavy atom. The molecule has 19 heavy (non-hydrogen) atoms. The lowest BCUT2D eigenvalue weighted by Crippen LogP contribution is -2.31. The van der Waals surface area contributed by atoms with Gasteiger partial charge in [0.15, 0.2) is 0 Å². The molecule has 0 radical (unpaired) electrons. The van der Waals surface area contributed by atoms with Crippen LogP contribution in [0.3, 0.4) is 0 Å². The summed E-state index contributed by atoms with van der Waals surface area (Å²) in [6.07, 6.45) is 3.16. The minimum absolute atomic E-state index is 0.0489. The molecule has 0 saturated heterocycles. The minimum Gasteiger partial charge on any atom is -0.507 e. The molecule has 0 heterocycles. The van der Waals surface area contributed by atoms with Crippen LogP contribution in [0.1, 0.15) is 29.6 Å². The molecule has 1 aromatic carbocycles. The van der Waals surface area contributed by atoms with Gasteiger partial charge in [0.2, 0.25) is 0 Å². The summed E-state index contributed by atoms with van der Waals surface area (Å²) >= 11 is 6.17. The van der Waals surface area contributed by atoms with Crippen molar-refractivity contribution in [1.29, 1.82) is 0 Å². The molecule has 104 valence electrons. The highest BCUT2D eigenvalue weighted by Crippen LogP contribution is 2.29. The lowest BCUT2D eigenvalue weighted by atomic mass is 10.1. The number of phenolic OH excluding ortho intramolecular Hbond substituents is 1. The van der Waals surface area contributed by atoms with Gasteiger partial charge in [-0.1, -0.05) is 6.42 Å². The van der Waals surface area contributed by atoms with Gasteiger partial charge in [0.1, 0.15) is 11.5 Å². The summed E-state index contributed by atoms with van der Waals surface area (Å²) in [4.78, 5) is 12.0. The number of phenols is 1. The predicted molar refractivity (Wildman–Crippen MR) is 74.0 cm³/mol. The third kappa shape index (κ3) is 3.32. The molecule has 1 aliphatic carbocycles. The number of nitrogens with one attached hydrogen (secondary N) is 1. The van der Waals surface area contributed by atoms with Gasteiger partial charge >= 0.3 is 0 Å². The first-order chi connectivity index (χ1) is 9.11. The number of alkyl halides is 1. The van der Waals surface area contributed by atoms with Gasteiger partial charge in [-0.3, -0.25) is 4.79 Å². The third-order valence-electron chi connectivity index (χ3n) is 3.54. The smallest absolute Gasteiger partial charge is 0.255 e. The van der Waals surface area contributed by atoms with Crippen LogP contribution in [0.5, 0.6) is 11.5 Å². The van der Waals surface area contributed by atoms with Crippen LogP contribution in [0.4, 0.5) is 0 Å². The van der Waals surface area contributed by atoms with Crippen LogP contribution in [0.25, 0.3) is 0 Å². The van der Waals surface area contributed by atoms with Gasteiger partial charge in [-0.05, 0) is 37.0 Å². The number of benzene rings is 1. The maximum Gasteiger partial charge on any atom is 0.255 e. The Balaban J connectivity index is 1.99. The van der Waals surface area contributed by atoms with E-state index in [4.69, 9.17) is 16.3 Å². The lowest BCUT2D eigenvalue weighted by Gasteiger charge is -2.15. The number of hydrogen-bond acceptors (Lipinski definition) is 3. The molecule has 2 N–H and O–H groups in total. The number of carbonyl (C=O) groups excluding carboxylic acids is 1. The molecule has 2 atom stereocenters. The second-order valence-corrected chi connectivity index (χ2v) is 5.36. The van der Waals surface area contributed by atoms with Crippen molar-refractivity contribution in [2.45, 2.75) is 24.6 Å². The highest BCUT2D eigenvalue weighted by Gasteiger charge is 2.25. The van der Waals surface area contributed by atoms with E-state index in [1.54, 1.807) is 6.07 Å². The first-order valence-corrected chi connectivity index (χ1v) is 6.84. The Morgan fingerprint density at radius 3 is 2.95 bits per heavy atom. The first kappa shape index (κ1) is 14.0. The van der Waals surface area contributed by atoms with Crippen molar-refractivity contribution in [3.8, 4) is 11.5 Å². The molecule has 4 nitrogen and oxygen atoms in total. The fourth-order valence-electron chi connectivity index (χ4n) is 2.36. The van der Waals surface area contributed by atoms with E-state index in [9.17, 15) is 9.90 Å². The van der Waals surface area contributed by atoms with Crippen LogP contribution in [-0.4, -0.2) is 30.0 Å². The van der Waals surface area contributed by atoms with Crippen molar-refractivity contribution in [3.05, 3.63) is 23.8 Å². The molecule has 0 aromatic heterocycles. The minimum atomic E-state index is -0.299. The Bertz CT molecular complexity index is 464. The molecular weight excluding hydrogens is 266 g/mol. The molecule has 1 aliphatic rings. The number of rotatable bonds is 4. The largest absolute Gasteiger partial charge is 0.507 e. The number of ether oxygens (including phenoxy) is 1. The quantitative estimate of drug-likeness (QED) is 0.835. The fraction of sp³-hybridized carbons (Fsp3) is 0.500. The molecule has 1 amide bonds. The number of hydrogen-bond donors (Lipinski definition) is 2. The SMILES string of the molecule is COc1ccc(O)c(C(=O)NCC2CCCC2Cl)c1. The summed E-state index contributed by atoms with van der Waals surface area (Å²) < 4.78 is 5.04. The third-order valence-corrected chi connectivity index (χ3v) is 4.11. The monoisotopic (exact) mass is 283 g/mol. The molecule has 1 saturated carbocycles. The average Bonchev–Trinajstić information content (AvgIpc) is 2.82. The summed E-state index contributed by atoms with van der Waals surface area (Å²) in [6.45, 7) is 0.545. The number of halogens is 1. The van der Waals surface area contributed by atoms with Crippen molar-refractivity contribution < 1.29 is 14.6 Å². The number of carbonyl (C=O) groups is 1. The lowest BCUT2D eigenvalue weighted by molar-refractivity contribution is 0.0944. The van der Waals surface area contributed by atoms with Crippen LogP contribution in [0, 0.1) is 5.92 Å². The van der Waals surface area contributed by atoms with Crippen molar-refractivity contribution in [1.82, 2.24) is 5.32 Å². The van der Waals surface area contributed by atoms with Crippen LogP contribution < -0.4 is 10.1 Å². The molecule has 1 fully saturated rings. The first-order valence-electron chi connectivity index (χ1n) is 6.41. The van der Waals surface area contributed by atoms with E-state index in [1.807, 2.05) is 0 Å². The van der Waals surface area contributed by atoms with Gasteiger partial charge in [-0.15, -0.1) is 11.6 Å². The van der Waals surface area contributed by atoms with Crippen LogP contribution in [0.2, 0.25) is 0 Å². The van der Waals surface area contributed by atoms with E-state index in [-0.39, 0.29) is 22.6 Å². The molecule has 2 rings (SSSR count). The summed E-state index contributed by atoms with van der Waals surface area (Å²) in [6, 6.07) is 4.59. The zero-order valence-electron chi connectivity index (χ0n) is 10.9. The summed E-state index contributed by atoms with van der Waals surface area (Å²) in [5.74, 6) is 0.511. The average molecular weight is 284 g/mol. The van der Waals surface area contributed by atoms with Crippen molar-refractivity contribution >= 4 is 17.5 Å². The maximum absolute atomic E-state index is 12.0. The molecule has 1 aromatic rings. The molecule has 2 unspecified atom stereocenters. The number of methoxy groups -OCH3 is 1. The Kier molecular flexibility index (Phi) is 4.53.